The molecule has 2 N–H and O–H groups in total. The number of halogens is 3. The molecular weight excluding hydrogens is 557 g/mol. The molecule has 1 atom stereocenters. The van der Waals surface area contributed by atoms with Gasteiger partial charge in [0, 0.05) is 17.3 Å². The summed E-state index contributed by atoms with van der Waals surface area (Å²) in [6.07, 6.45) is -1.78. The van der Waals surface area contributed by atoms with E-state index in [1.165, 1.54) is 23.5 Å². The second-order valence-electron chi connectivity index (χ2n) is 9.84. The zero-order valence-electron chi connectivity index (χ0n) is 21.6. The van der Waals surface area contributed by atoms with E-state index in [1.807, 2.05) is 31.2 Å². The number of carbonyl (C=O) groups is 1. The molecule has 0 fully saturated rings. The molecule has 40 heavy (non-hydrogen) atoms. The Bertz CT molecular complexity index is 1630. The molecule has 0 saturated heterocycles. The number of rotatable bonds is 6. The highest BCUT2D eigenvalue weighted by Gasteiger charge is 2.30. The number of aryl methyl sites for hydroxylation is 3. The van der Waals surface area contributed by atoms with Crippen LogP contribution in [0.5, 0.6) is 0 Å². The molecule has 1 aromatic heterocycles. The fourth-order valence-corrected chi connectivity index (χ4v) is 7.37. The maximum absolute atomic E-state index is 13.4. The van der Waals surface area contributed by atoms with Crippen LogP contribution in [0.25, 0.3) is 11.1 Å². The van der Waals surface area contributed by atoms with Crippen LogP contribution in [-0.2, 0) is 29.0 Å². The van der Waals surface area contributed by atoms with E-state index in [4.69, 9.17) is 0 Å². The monoisotopic (exact) mass is 584 g/mol. The molecule has 1 unspecified atom stereocenters. The third-order valence-electron chi connectivity index (χ3n) is 7.09. The van der Waals surface area contributed by atoms with Gasteiger partial charge in [0.15, 0.2) is 0 Å². The van der Waals surface area contributed by atoms with Crippen molar-refractivity contribution in [2.45, 2.75) is 49.0 Å². The van der Waals surface area contributed by atoms with Crippen LogP contribution < -0.4 is 10.0 Å². The molecule has 0 aliphatic heterocycles. The minimum absolute atomic E-state index is 0.198. The van der Waals surface area contributed by atoms with Gasteiger partial charge in [0.2, 0.25) is 10.0 Å². The summed E-state index contributed by atoms with van der Waals surface area (Å²) < 4.78 is 67.6. The first-order valence-electron chi connectivity index (χ1n) is 12.8. The van der Waals surface area contributed by atoms with Crippen LogP contribution in [-0.4, -0.2) is 20.4 Å². The molecular formula is C30H27F3N2O3S2. The maximum atomic E-state index is 13.4. The van der Waals surface area contributed by atoms with Gasteiger partial charge < -0.3 is 5.32 Å². The smallest absolute Gasteiger partial charge is 0.322 e. The summed E-state index contributed by atoms with van der Waals surface area (Å²) in [5.74, 6) is -0.367. The summed E-state index contributed by atoms with van der Waals surface area (Å²) in [5, 5.41) is 4.67. The van der Waals surface area contributed by atoms with Crippen LogP contribution in [0.1, 0.15) is 45.5 Å². The van der Waals surface area contributed by atoms with Crippen molar-refractivity contribution in [3.63, 3.8) is 0 Å². The van der Waals surface area contributed by atoms with Gasteiger partial charge in [-0.2, -0.15) is 13.2 Å². The number of thiophene rings is 1. The minimum atomic E-state index is -4.44. The second-order valence-corrected chi connectivity index (χ2v) is 12.7. The third kappa shape index (κ3) is 6.14. The van der Waals surface area contributed by atoms with E-state index in [0.717, 1.165) is 28.8 Å². The number of benzene rings is 3. The third-order valence-corrected chi connectivity index (χ3v) is 10.0. The largest absolute Gasteiger partial charge is 0.416 e. The predicted octanol–water partition coefficient (Wildman–Crippen LogP) is 7.22. The van der Waals surface area contributed by atoms with Gasteiger partial charge in [0.25, 0.3) is 5.91 Å². The van der Waals surface area contributed by atoms with Crippen molar-refractivity contribution in [2.75, 3.05) is 5.32 Å². The fraction of sp³-hybridized carbons (Fsp3) is 0.233. The summed E-state index contributed by atoms with van der Waals surface area (Å²) in [6.45, 7) is 1.81. The summed E-state index contributed by atoms with van der Waals surface area (Å²) >= 11 is 1.18. The summed E-state index contributed by atoms with van der Waals surface area (Å²) in [5.41, 5.74) is 4.23. The van der Waals surface area contributed by atoms with Crippen LogP contribution in [0.2, 0.25) is 0 Å². The Labute approximate surface area is 235 Å². The quantitative estimate of drug-likeness (QED) is 0.235. The zero-order valence-corrected chi connectivity index (χ0v) is 23.2. The Morgan fingerprint density at radius 2 is 1.65 bits per heavy atom. The molecule has 0 radical (unpaired) electrons. The SMILES string of the molecule is Cc1cccc(C(=O)Nc2ccc3c(c2)CCC(NS(=O)(=O)c2cccs2)CC3)c1-c1ccc(C(F)(F)F)cc1. The molecule has 1 heterocycles. The molecule has 1 amide bonds. The first-order valence-corrected chi connectivity index (χ1v) is 15.1. The molecule has 5 rings (SSSR count). The van der Waals surface area contributed by atoms with Crippen molar-refractivity contribution in [1.82, 2.24) is 4.72 Å². The molecule has 0 bridgehead atoms. The molecule has 0 saturated carbocycles. The number of anilines is 1. The van der Waals surface area contributed by atoms with Gasteiger partial charge in [-0.1, -0.05) is 36.4 Å². The van der Waals surface area contributed by atoms with Crippen molar-refractivity contribution in [2.24, 2.45) is 0 Å². The van der Waals surface area contributed by atoms with E-state index in [2.05, 4.69) is 10.0 Å². The molecule has 1 aliphatic rings. The average Bonchev–Trinajstić information content (AvgIpc) is 3.40. The lowest BCUT2D eigenvalue weighted by Gasteiger charge is -2.15. The first kappa shape index (κ1) is 28.1. The highest BCUT2D eigenvalue weighted by Crippen LogP contribution is 2.34. The average molecular weight is 585 g/mol. The highest BCUT2D eigenvalue weighted by molar-refractivity contribution is 7.91. The zero-order chi connectivity index (χ0) is 28.5. The molecule has 0 spiro atoms. The van der Waals surface area contributed by atoms with Crippen molar-refractivity contribution in [1.29, 1.82) is 0 Å². The lowest BCUT2D eigenvalue weighted by Crippen LogP contribution is -2.34. The van der Waals surface area contributed by atoms with E-state index in [1.54, 1.807) is 29.6 Å². The molecule has 1 aliphatic carbocycles. The Morgan fingerprint density at radius 1 is 0.925 bits per heavy atom. The number of amides is 1. The lowest BCUT2D eigenvalue weighted by atomic mass is 9.93. The maximum Gasteiger partial charge on any atom is 0.416 e. The summed E-state index contributed by atoms with van der Waals surface area (Å²) in [4.78, 5) is 13.4. The van der Waals surface area contributed by atoms with Crippen LogP contribution in [0.4, 0.5) is 18.9 Å². The highest BCUT2D eigenvalue weighted by atomic mass is 32.2. The standard InChI is InChI=1S/C30H27F3N2O3S2/c1-19-4-2-5-26(28(19)21-7-12-23(13-8-21)30(31,32)33)29(36)34-25-16-10-20-9-14-24(15-11-22(20)18-25)35-40(37,38)27-6-3-17-39-27/h2-8,10,12-13,16-18,24,35H,9,11,14-15H2,1H3,(H,34,36). The van der Waals surface area contributed by atoms with E-state index in [9.17, 15) is 26.4 Å². The van der Waals surface area contributed by atoms with Crippen molar-refractivity contribution >= 4 is 33.0 Å². The normalized spacial score (nSPS) is 15.8. The van der Waals surface area contributed by atoms with Gasteiger partial charge in [-0.05, 0) is 102 Å². The Hall–Kier alpha value is -3.47. The topological polar surface area (TPSA) is 75.3 Å². The van der Waals surface area contributed by atoms with Gasteiger partial charge in [0.05, 0.1) is 5.56 Å². The number of nitrogens with one attached hydrogen (secondary N) is 2. The van der Waals surface area contributed by atoms with Crippen LogP contribution >= 0.6 is 11.3 Å². The van der Waals surface area contributed by atoms with Gasteiger partial charge >= 0.3 is 6.18 Å². The number of sulfonamides is 1. The number of alkyl halides is 3. The van der Waals surface area contributed by atoms with Gasteiger partial charge in [-0.25, -0.2) is 13.1 Å². The molecule has 208 valence electrons. The van der Waals surface area contributed by atoms with Crippen molar-refractivity contribution < 1.29 is 26.4 Å². The van der Waals surface area contributed by atoms with E-state index >= 15 is 0 Å². The predicted molar refractivity (Wildman–Crippen MR) is 151 cm³/mol. The van der Waals surface area contributed by atoms with E-state index in [0.29, 0.717) is 52.3 Å². The minimum Gasteiger partial charge on any atom is -0.322 e. The molecule has 4 aromatic rings. The van der Waals surface area contributed by atoms with Crippen LogP contribution in [0.3, 0.4) is 0 Å². The number of hydrogen-bond acceptors (Lipinski definition) is 4. The van der Waals surface area contributed by atoms with Crippen molar-refractivity contribution in [3.05, 3.63) is 106 Å². The molecule has 10 heteroatoms. The van der Waals surface area contributed by atoms with Crippen LogP contribution in [0, 0.1) is 6.92 Å². The fourth-order valence-electron chi connectivity index (χ4n) is 5.06. The molecule has 5 nitrogen and oxygen atoms in total. The number of carbonyl (C=O) groups excluding carboxylic acids is 1. The van der Waals surface area contributed by atoms with Gasteiger partial charge in [-0.3, -0.25) is 4.79 Å². The number of fused-ring (bicyclic) bond motifs is 1. The number of hydrogen-bond donors (Lipinski definition) is 2. The Morgan fingerprint density at radius 3 is 2.33 bits per heavy atom. The molecule has 3 aromatic carbocycles. The van der Waals surface area contributed by atoms with E-state index in [-0.39, 0.29) is 11.9 Å². The summed E-state index contributed by atoms with van der Waals surface area (Å²) in [6, 6.07) is 18.8. The van der Waals surface area contributed by atoms with Gasteiger partial charge in [-0.15, -0.1) is 11.3 Å². The lowest BCUT2D eigenvalue weighted by molar-refractivity contribution is -0.137. The van der Waals surface area contributed by atoms with Crippen molar-refractivity contribution in [3.8, 4) is 11.1 Å². The first-order chi connectivity index (χ1) is 19.0. The summed E-state index contributed by atoms with van der Waals surface area (Å²) in [7, 11) is -3.56. The van der Waals surface area contributed by atoms with E-state index < -0.39 is 21.8 Å². The Kier molecular flexibility index (Phi) is 7.85. The van der Waals surface area contributed by atoms with Crippen LogP contribution in [0.15, 0.2) is 82.4 Å². The van der Waals surface area contributed by atoms with Gasteiger partial charge in [0.1, 0.15) is 4.21 Å². The Balaban J connectivity index is 1.32. The second kappa shape index (κ2) is 11.2.